The van der Waals surface area contributed by atoms with Gasteiger partial charge in [0.25, 0.3) is 0 Å². The molecule has 1 rings (SSSR count). The van der Waals surface area contributed by atoms with Crippen LogP contribution in [-0.4, -0.2) is 23.7 Å². The second-order valence-electron chi connectivity index (χ2n) is 4.68. The van der Waals surface area contributed by atoms with Crippen molar-refractivity contribution in [2.75, 3.05) is 12.3 Å². The van der Waals surface area contributed by atoms with E-state index in [1.807, 2.05) is 26.0 Å². The molecule has 0 aliphatic rings. The van der Waals surface area contributed by atoms with Crippen molar-refractivity contribution in [3.8, 4) is 0 Å². The molecule has 0 aromatic heterocycles. The first-order valence-corrected chi connectivity index (χ1v) is 6.32. The number of nitrogen functional groups attached to an aromatic ring is 1. The minimum atomic E-state index is -0.481. The molecule has 1 aromatic rings. The lowest BCUT2D eigenvalue weighted by molar-refractivity contribution is -0.121. The summed E-state index contributed by atoms with van der Waals surface area (Å²) >= 11 is 0. The van der Waals surface area contributed by atoms with Crippen LogP contribution in [0.2, 0.25) is 0 Å². The maximum Gasteiger partial charge on any atom is 0.224 e. The van der Waals surface area contributed by atoms with Gasteiger partial charge >= 0.3 is 0 Å². The zero-order chi connectivity index (χ0) is 13.5. The Balaban J connectivity index is 2.36. The Morgan fingerprint density at radius 1 is 1.39 bits per heavy atom. The van der Waals surface area contributed by atoms with Crippen LogP contribution in [0.25, 0.3) is 0 Å². The van der Waals surface area contributed by atoms with Gasteiger partial charge in [-0.15, -0.1) is 0 Å². The lowest BCUT2D eigenvalue weighted by Gasteiger charge is -2.17. The van der Waals surface area contributed by atoms with E-state index in [0.29, 0.717) is 18.7 Å². The standard InChI is InChI=1S/C14H22N2O2/c1-3-10(2)13(17)9-16-14(18)8-11-4-6-12(15)7-5-11/h4-7,10,13,17H,3,8-9,15H2,1-2H3,(H,16,18). The third-order valence-corrected chi connectivity index (χ3v) is 3.15. The Hall–Kier alpha value is -1.55. The van der Waals surface area contributed by atoms with Gasteiger partial charge in [-0.25, -0.2) is 0 Å². The lowest BCUT2D eigenvalue weighted by Crippen LogP contribution is -2.36. The van der Waals surface area contributed by atoms with Crippen LogP contribution in [0.4, 0.5) is 5.69 Å². The van der Waals surface area contributed by atoms with Crippen LogP contribution >= 0.6 is 0 Å². The molecule has 0 radical (unpaired) electrons. The van der Waals surface area contributed by atoms with Gasteiger partial charge in [-0.1, -0.05) is 32.4 Å². The summed E-state index contributed by atoms with van der Waals surface area (Å²) in [6.07, 6.45) is 0.730. The first kappa shape index (κ1) is 14.5. The average Bonchev–Trinajstić information content (AvgIpc) is 2.37. The number of hydrogen-bond acceptors (Lipinski definition) is 3. The van der Waals surface area contributed by atoms with Crippen molar-refractivity contribution in [1.29, 1.82) is 0 Å². The van der Waals surface area contributed by atoms with Crippen LogP contribution in [-0.2, 0) is 11.2 Å². The minimum Gasteiger partial charge on any atom is -0.399 e. The van der Waals surface area contributed by atoms with E-state index in [-0.39, 0.29) is 11.8 Å². The molecular formula is C14H22N2O2. The maximum atomic E-state index is 11.7. The number of amides is 1. The van der Waals surface area contributed by atoms with Gasteiger partial charge < -0.3 is 16.2 Å². The van der Waals surface area contributed by atoms with Crippen LogP contribution in [0.1, 0.15) is 25.8 Å². The molecule has 100 valence electrons. The van der Waals surface area contributed by atoms with E-state index in [1.165, 1.54) is 0 Å². The third-order valence-electron chi connectivity index (χ3n) is 3.15. The number of nitrogens with two attached hydrogens (primary N) is 1. The van der Waals surface area contributed by atoms with E-state index in [0.717, 1.165) is 12.0 Å². The first-order chi connectivity index (χ1) is 8.52. The number of nitrogens with one attached hydrogen (secondary N) is 1. The molecule has 4 N–H and O–H groups in total. The van der Waals surface area contributed by atoms with E-state index in [4.69, 9.17) is 5.73 Å². The molecular weight excluding hydrogens is 228 g/mol. The summed E-state index contributed by atoms with van der Waals surface area (Å²) in [5.41, 5.74) is 7.17. The number of rotatable bonds is 6. The molecule has 18 heavy (non-hydrogen) atoms. The molecule has 1 aromatic carbocycles. The Kier molecular flexibility index (Phi) is 5.65. The molecule has 0 spiro atoms. The number of benzene rings is 1. The molecule has 0 saturated heterocycles. The van der Waals surface area contributed by atoms with Crippen LogP contribution < -0.4 is 11.1 Å². The molecule has 1 amide bonds. The van der Waals surface area contributed by atoms with E-state index in [1.54, 1.807) is 12.1 Å². The number of anilines is 1. The Bertz CT molecular complexity index is 376. The molecule has 0 aliphatic carbocycles. The summed E-state index contributed by atoms with van der Waals surface area (Å²) in [4.78, 5) is 11.7. The van der Waals surface area contributed by atoms with E-state index >= 15 is 0 Å². The van der Waals surface area contributed by atoms with Crippen LogP contribution in [0, 0.1) is 5.92 Å². The Morgan fingerprint density at radius 2 is 2.00 bits per heavy atom. The summed E-state index contributed by atoms with van der Waals surface area (Å²) in [5, 5.41) is 12.5. The molecule has 4 nitrogen and oxygen atoms in total. The fourth-order valence-electron chi connectivity index (χ4n) is 1.58. The van der Waals surface area contributed by atoms with Gasteiger partial charge in [0.1, 0.15) is 0 Å². The Labute approximate surface area is 108 Å². The van der Waals surface area contributed by atoms with E-state index in [2.05, 4.69) is 5.32 Å². The molecule has 0 saturated carbocycles. The summed E-state index contributed by atoms with van der Waals surface area (Å²) in [6, 6.07) is 7.22. The predicted molar refractivity (Wildman–Crippen MR) is 73.0 cm³/mol. The fourth-order valence-corrected chi connectivity index (χ4v) is 1.58. The molecule has 2 unspecified atom stereocenters. The highest BCUT2D eigenvalue weighted by atomic mass is 16.3. The number of carbonyl (C=O) groups is 1. The molecule has 0 heterocycles. The van der Waals surface area contributed by atoms with Crippen molar-refractivity contribution >= 4 is 11.6 Å². The highest BCUT2D eigenvalue weighted by Gasteiger charge is 2.13. The van der Waals surface area contributed by atoms with Gasteiger partial charge in [0.15, 0.2) is 0 Å². The minimum absolute atomic E-state index is 0.0814. The molecule has 0 aliphatic heterocycles. The average molecular weight is 250 g/mol. The first-order valence-electron chi connectivity index (χ1n) is 6.32. The SMILES string of the molecule is CCC(C)C(O)CNC(=O)Cc1ccc(N)cc1. The molecule has 0 bridgehead atoms. The van der Waals surface area contributed by atoms with Crippen LogP contribution in [0.3, 0.4) is 0 Å². The van der Waals surface area contributed by atoms with Crippen molar-refractivity contribution in [2.45, 2.75) is 32.8 Å². The van der Waals surface area contributed by atoms with Crippen molar-refractivity contribution in [3.05, 3.63) is 29.8 Å². The van der Waals surface area contributed by atoms with Crippen molar-refractivity contribution < 1.29 is 9.90 Å². The van der Waals surface area contributed by atoms with Crippen molar-refractivity contribution in [1.82, 2.24) is 5.32 Å². The monoisotopic (exact) mass is 250 g/mol. The second kappa shape index (κ2) is 7.01. The number of aliphatic hydroxyl groups excluding tert-OH is 1. The predicted octanol–water partition coefficient (Wildman–Crippen LogP) is 1.33. The topological polar surface area (TPSA) is 75.3 Å². The highest BCUT2D eigenvalue weighted by Crippen LogP contribution is 2.07. The smallest absolute Gasteiger partial charge is 0.224 e. The largest absolute Gasteiger partial charge is 0.399 e. The van der Waals surface area contributed by atoms with Gasteiger partial charge in [0, 0.05) is 12.2 Å². The number of hydrogen-bond donors (Lipinski definition) is 3. The summed E-state index contributed by atoms with van der Waals surface area (Å²) in [6.45, 7) is 4.30. The van der Waals surface area contributed by atoms with E-state index < -0.39 is 6.10 Å². The normalized spacial score (nSPS) is 13.9. The summed E-state index contributed by atoms with van der Waals surface area (Å²) < 4.78 is 0. The third kappa shape index (κ3) is 4.75. The molecule has 0 fully saturated rings. The van der Waals surface area contributed by atoms with Gasteiger partial charge in [-0.2, -0.15) is 0 Å². The summed E-state index contributed by atoms with van der Waals surface area (Å²) in [7, 11) is 0. The second-order valence-corrected chi connectivity index (χ2v) is 4.68. The van der Waals surface area contributed by atoms with Gasteiger partial charge in [-0.3, -0.25) is 4.79 Å². The van der Waals surface area contributed by atoms with Crippen LogP contribution in [0.15, 0.2) is 24.3 Å². The highest BCUT2D eigenvalue weighted by molar-refractivity contribution is 5.78. The van der Waals surface area contributed by atoms with E-state index in [9.17, 15) is 9.90 Å². The van der Waals surface area contributed by atoms with Gasteiger partial charge in [-0.05, 0) is 23.6 Å². The van der Waals surface area contributed by atoms with Crippen molar-refractivity contribution in [2.24, 2.45) is 5.92 Å². The number of carbonyl (C=O) groups excluding carboxylic acids is 1. The molecule has 2 atom stereocenters. The summed E-state index contributed by atoms with van der Waals surface area (Å²) in [5.74, 6) is 0.115. The Morgan fingerprint density at radius 3 is 2.56 bits per heavy atom. The van der Waals surface area contributed by atoms with Crippen LogP contribution in [0.5, 0.6) is 0 Å². The fraction of sp³-hybridized carbons (Fsp3) is 0.500. The van der Waals surface area contributed by atoms with Gasteiger partial charge in [0.2, 0.25) is 5.91 Å². The molecule has 4 heteroatoms. The van der Waals surface area contributed by atoms with Gasteiger partial charge in [0.05, 0.1) is 12.5 Å². The quantitative estimate of drug-likeness (QED) is 0.667. The van der Waals surface area contributed by atoms with Crippen molar-refractivity contribution in [3.63, 3.8) is 0 Å². The zero-order valence-electron chi connectivity index (χ0n) is 11.0. The number of aliphatic hydroxyl groups is 1. The zero-order valence-corrected chi connectivity index (χ0v) is 11.0. The maximum absolute atomic E-state index is 11.7. The lowest BCUT2D eigenvalue weighted by atomic mass is 10.0.